The molecule has 0 aliphatic heterocycles. The average molecular weight is 445 g/mol. The number of hydrogen-bond acceptors (Lipinski definition) is 5. The fourth-order valence-electron chi connectivity index (χ4n) is 2.22. The highest BCUT2D eigenvalue weighted by atomic mass is 79.9. The molecule has 2 N–H and O–H groups in total. The van der Waals surface area contributed by atoms with Crippen molar-refractivity contribution < 1.29 is 33.1 Å². The molecule has 9 heteroatoms. The molecule has 0 aliphatic rings. The van der Waals surface area contributed by atoms with Gasteiger partial charge in [0.05, 0.1) is 25.8 Å². The van der Waals surface area contributed by atoms with Crippen molar-refractivity contribution in [2.24, 2.45) is 0 Å². The molecular weight excluding hydrogens is 427 g/mol. The van der Waals surface area contributed by atoms with Crippen LogP contribution in [0.3, 0.4) is 0 Å². The summed E-state index contributed by atoms with van der Waals surface area (Å²) in [5, 5.41) is 0. The fourth-order valence-corrected chi connectivity index (χ4v) is 3.24. The predicted octanol–water partition coefficient (Wildman–Crippen LogP) is 4.12. The van der Waals surface area contributed by atoms with Gasteiger partial charge in [-0.1, -0.05) is 18.2 Å². The lowest BCUT2D eigenvalue weighted by atomic mass is 10.1. The van der Waals surface area contributed by atoms with E-state index in [4.69, 9.17) is 24.0 Å². The molecule has 7 nitrogen and oxygen atoms in total. The topological polar surface area (TPSA) is 94.5 Å². The van der Waals surface area contributed by atoms with Gasteiger partial charge in [0, 0.05) is 0 Å². The smallest absolute Gasteiger partial charge is 0.493 e. The number of ether oxygens (including phenoxy) is 3. The van der Waals surface area contributed by atoms with Crippen molar-refractivity contribution in [3.05, 3.63) is 45.9 Å². The molecule has 0 heterocycles. The highest BCUT2D eigenvalue weighted by molar-refractivity contribution is 9.10. The van der Waals surface area contributed by atoms with Crippen LogP contribution in [0.2, 0.25) is 0 Å². The zero-order chi connectivity index (χ0) is 19.3. The van der Waals surface area contributed by atoms with Crippen LogP contribution < -0.4 is 18.7 Å². The Bertz CT molecular complexity index is 860. The van der Waals surface area contributed by atoms with Gasteiger partial charge in [-0.3, -0.25) is 9.79 Å². The van der Waals surface area contributed by atoms with Crippen LogP contribution in [0, 0.1) is 0 Å². The summed E-state index contributed by atoms with van der Waals surface area (Å²) in [6.07, 6.45) is 3.58. The van der Waals surface area contributed by atoms with E-state index in [1.54, 1.807) is 38.5 Å². The Morgan fingerprint density at radius 3 is 2.08 bits per heavy atom. The van der Waals surface area contributed by atoms with Gasteiger partial charge in [-0.05, 0) is 51.3 Å². The van der Waals surface area contributed by atoms with Crippen molar-refractivity contribution in [2.75, 3.05) is 21.3 Å². The largest absolute Gasteiger partial charge is 0.524 e. The number of rotatable bonds is 7. The minimum absolute atomic E-state index is 0.0449. The summed E-state index contributed by atoms with van der Waals surface area (Å²) in [5.41, 5.74) is 1.50. The van der Waals surface area contributed by atoms with E-state index in [0.717, 1.165) is 10.0 Å². The van der Waals surface area contributed by atoms with Crippen LogP contribution in [0.5, 0.6) is 23.0 Å². The molecule has 0 aliphatic carbocycles. The lowest BCUT2D eigenvalue weighted by Gasteiger charge is -2.12. The minimum Gasteiger partial charge on any atom is -0.493 e. The Morgan fingerprint density at radius 2 is 1.50 bits per heavy atom. The lowest BCUT2D eigenvalue weighted by molar-refractivity contribution is 0.276. The van der Waals surface area contributed by atoms with Gasteiger partial charge in [-0.15, -0.1) is 0 Å². The van der Waals surface area contributed by atoms with Gasteiger partial charge in [0.1, 0.15) is 0 Å². The number of benzene rings is 2. The molecule has 140 valence electrons. The van der Waals surface area contributed by atoms with E-state index in [2.05, 4.69) is 20.5 Å². The van der Waals surface area contributed by atoms with Gasteiger partial charge in [0.15, 0.2) is 23.0 Å². The van der Waals surface area contributed by atoms with E-state index in [1.165, 1.54) is 13.2 Å². The van der Waals surface area contributed by atoms with Crippen molar-refractivity contribution in [3.63, 3.8) is 0 Å². The molecule has 0 spiro atoms. The first-order chi connectivity index (χ1) is 12.3. The molecule has 0 unspecified atom stereocenters. The van der Waals surface area contributed by atoms with Gasteiger partial charge < -0.3 is 18.7 Å². The highest BCUT2D eigenvalue weighted by Crippen LogP contribution is 2.42. The first-order valence-electron chi connectivity index (χ1n) is 7.30. The number of phosphoric acid groups is 1. The Hall–Kier alpha value is -1.99. The third kappa shape index (κ3) is 5.25. The zero-order valence-electron chi connectivity index (χ0n) is 14.3. The van der Waals surface area contributed by atoms with Gasteiger partial charge in [0.2, 0.25) is 0 Å². The van der Waals surface area contributed by atoms with Crippen molar-refractivity contribution in [1.82, 2.24) is 0 Å². The molecule has 2 aromatic rings. The average Bonchev–Trinajstić information content (AvgIpc) is 2.58. The highest BCUT2D eigenvalue weighted by Gasteiger charge is 2.19. The molecule has 26 heavy (non-hydrogen) atoms. The summed E-state index contributed by atoms with van der Waals surface area (Å²) in [6.45, 7) is 0. The van der Waals surface area contributed by atoms with E-state index in [9.17, 15) is 4.57 Å². The maximum Gasteiger partial charge on any atom is 0.524 e. The molecule has 0 bridgehead atoms. The molecule has 0 atom stereocenters. The molecule has 0 amide bonds. The standard InChI is InChI=1S/C17H18BrO7P/c1-22-14-7-6-11(9-15(14)25-26(19,20)21)4-5-12-8-13(18)17(24-3)16(10-12)23-2/h4-10H,1-3H3,(H2,19,20,21)/b5-4-. The summed E-state index contributed by atoms with van der Waals surface area (Å²) in [4.78, 5) is 18.0. The Labute approximate surface area is 159 Å². The third-order valence-electron chi connectivity index (χ3n) is 3.33. The second kappa shape index (κ2) is 8.60. The second-order valence-electron chi connectivity index (χ2n) is 5.06. The van der Waals surface area contributed by atoms with E-state index in [0.29, 0.717) is 17.1 Å². The molecule has 0 fully saturated rings. The molecule has 0 aromatic heterocycles. The van der Waals surface area contributed by atoms with Crippen LogP contribution in [0.15, 0.2) is 34.8 Å². The van der Waals surface area contributed by atoms with Gasteiger partial charge in [0.25, 0.3) is 0 Å². The molecule has 2 aromatic carbocycles. The fraction of sp³-hybridized carbons (Fsp3) is 0.176. The minimum atomic E-state index is -4.69. The van der Waals surface area contributed by atoms with Crippen LogP contribution in [0.4, 0.5) is 0 Å². The van der Waals surface area contributed by atoms with E-state index < -0.39 is 7.82 Å². The molecule has 2 rings (SSSR count). The Kier molecular flexibility index (Phi) is 6.72. The van der Waals surface area contributed by atoms with Crippen molar-refractivity contribution in [3.8, 4) is 23.0 Å². The van der Waals surface area contributed by atoms with E-state index in [-0.39, 0.29) is 11.5 Å². The quantitative estimate of drug-likeness (QED) is 0.489. The Morgan fingerprint density at radius 1 is 0.885 bits per heavy atom. The Balaban J connectivity index is 2.35. The summed E-state index contributed by atoms with van der Waals surface area (Å²) in [5.74, 6) is 1.34. The van der Waals surface area contributed by atoms with Crippen molar-refractivity contribution in [1.29, 1.82) is 0 Å². The number of methoxy groups -OCH3 is 3. The first-order valence-corrected chi connectivity index (χ1v) is 9.62. The molecule has 0 saturated carbocycles. The number of halogens is 1. The maximum absolute atomic E-state index is 11.1. The van der Waals surface area contributed by atoms with Crippen LogP contribution >= 0.6 is 23.8 Å². The third-order valence-corrected chi connectivity index (χ3v) is 4.35. The first kappa shape index (κ1) is 20.3. The van der Waals surface area contributed by atoms with Gasteiger partial charge >= 0.3 is 7.82 Å². The van der Waals surface area contributed by atoms with Crippen LogP contribution in [-0.4, -0.2) is 31.1 Å². The van der Waals surface area contributed by atoms with E-state index in [1.807, 2.05) is 12.1 Å². The lowest BCUT2D eigenvalue weighted by Crippen LogP contribution is -1.94. The summed E-state index contributed by atoms with van der Waals surface area (Å²) < 4.78 is 32.1. The predicted molar refractivity (Wildman–Crippen MR) is 102 cm³/mol. The van der Waals surface area contributed by atoms with Crippen molar-refractivity contribution >= 4 is 35.9 Å². The molecule has 0 saturated heterocycles. The monoisotopic (exact) mass is 444 g/mol. The molecule has 0 radical (unpaired) electrons. The van der Waals surface area contributed by atoms with Crippen LogP contribution in [0.1, 0.15) is 11.1 Å². The summed E-state index contributed by atoms with van der Waals surface area (Å²) >= 11 is 3.43. The molecular formula is C17H18BrO7P. The van der Waals surface area contributed by atoms with Crippen LogP contribution in [-0.2, 0) is 4.57 Å². The zero-order valence-corrected chi connectivity index (χ0v) is 16.8. The SMILES string of the molecule is COc1ccc(/C=C\c2cc(Br)c(OC)c(OC)c2)cc1OP(=O)(O)O. The second-order valence-corrected chi connectivity index (χ2v) is 7.08. The summed E-state index contributed by atoms with van der Waals surface area (Å²) in [7, 11) is -0.202. The van der Waals surface area contributed by atoms with E-state index >= 15 is 0 Å². The van der Waals surface area contributed by atoms with Gasteiger partial charge in [-0.2, -0.15) is 0 Å². The normalized spacial score (nSPS) is 11.5. The van der Waals surface area contributed by atoms with Crippen LogP contribution in [0.25, 0.3) is 12.2 Å². The maximum atomic E-state index is 11.1. The summed E-state index contributed by atoms with van der Waals surface area (Å²) in [6, 6.07) is 8.43. The van der Waals surface area contributed by atoms with Crippen molar-refractivity contribution in [2.45, 2.75) is 0 Å². The number of phosphoric ester groups is 1. The van der Waals surface area contributed by atoms with Gasteiger partial charge in [-0.25, -0.2) is 4.57 Å². The number of hydrogen-bond donors (Lipinski definition) is 2.